The highest BCUT2D eigenvalue weighted by molar-refractivity contribution is 7.99. The third kappa shape index (κ3) is 4.78. The van der Waals surface area contributed by atoms with Gasteiger partial charge in [0.2, 0.25) is 0 Å². The van der Waals surface area contributed by atoms with Gasteiger partial charge in [0.25, 0.3) is 5.88 Å². The van der Waals surface area contributed by atoms with Crippen molar-refractivity contribution in [2.45, 2.75) is 31.4 Å². The monoisotopic (exact) mass is 440 g/mol. The molecule has 3 heterocycles. The van der Waals surface area contributed by atoms with Crippen molar-refractivity contribution in [3.8, 4) is 17.4 Å². The van der Waals surface area contributed by atoms with Crippen molar-refractivity contribution in [3.63, 3.8) is 0 Å². The zero-order chi connectivity index (χ0) is 20.5. The summed E-state index contributed by atoms with van der Waals surface area (Å²) in [6.45, 7) is 0.864. The molecule has 154 valence electrons. The van der Waals surface area contributed by atoms with Gasteiger partial charge in [0, 0.05) is 17.7 Å². The Morgan fingerprint density at radius 2 is 1.97 bits per heavy atom. The second kappa shape index (κ2) is 8.02. The fourth-order valence-electron chi connectivity index (χ4n) is 3.10. The number of aromatic nitrogens is 2. The Hall–Kier alpha value is -2.00. The molecule has 0 N–H and O–H groups in total. The van der Waals surface area contributed by atoms with Crippen LogP contribution in [0.15, 0.2) is 36.5 Å². The second-order valence-corrected chi connectivity index (χ2v) is 9.39. The smallest absolute Gasteiger partial charge is 0.422 e. The van der Waals surface area contributed by atoms with E-state index in [0.29, 0.717) is 5.75 Å². The molecule has 0 unspecified atom stereocenters. The average molecular weight is 441 g/mol. The average Bonchev–Trinajstić information content (AvgIpc) is 3.12. The Balaban J connectivity index is 1.56. The van der Waals surface area contributed by atoms with Crippen LogP contribution < -0.4 is 9.47 Å². The van der Waals surface area contributed by atoms with Crippen molar-refractivity contribution in [2.75, 3.05) is 18.1 Å². The van der Waals surface area contributed by atoms with Crippen LogP contribution >= 0.6 is 23.1 Å². The first-order valence-corrected chi connectivity index (χ1v) is 11.1. The molecule has 1 aromatic carbocycles. The van der Waals surface area contributed by atoms with Crippen LogP contribution in [0.1, 0.15) is 24.8 Å². The number of nitrogens with zero attached hydrogens (tertiary/aromatic N) is 2. The molecule has 0 radical (unpaired) electrons. The molecule has 0 saturated carbocycles. The topological polar surface area (TPSA) is 44.2 Å². The minimum Gasteiger partial charge on any atom is -0.478 e. The summed E-state index contributed by atoms with van der Waals surface area (Å²) in [5.41, 5.74) is 0.988. The van der Waals surface area contributed by atoms with Gasteiger partial charge in [0.1, 0.15) is 5.75 Å². The van der Waals surface area contributed by atoms with Gasteiger partial charge in [-0.1, -0.05) is 6.92 Å². The van der Waals surface area contributed by atoms with E-state index in [4.69, 9.17) is 14.5 Å². The van der Waals surface area contributed by atoms with E-state index >= 15 is 0 Å². The summed E-state index contributed by atoms with van der Waals surface area (Å²) in [5, 5.41) is 1.12. The maximum atomic E-state index is 12.5. The van der Waals surface area contributed by atoms with E-state index in [9.17, 15) is 13.2 Å². The third-order valence-electron chi connectivity index (χ3n) is 4.81. The highest BCUT2D eigenvalue weighted by Gasteiger charge is 2.32. The first-order valence-electron chi connectivity index (χ1n) is 9.14. The molecule has 9 heteroatoms. The van der Waals surface area contributed by atoms with Crippen molar-refractivity contribution in [1.82, 2.24) is 9.97 Å². The van der Waals surface area contributed by atoms with Gasteiger partial charge < -0.3 is 9.47 Å². The maximum absolute atomic E-state index is 12.5. The number of thioether (sulfide) groups is 1. The highest BCUT2D eigenvalue weighted by atomic mass is 32.2. The van der Waals surface area contributed by atoms with Crippen LogP contribution in [0.4, 0.5) is 13.2 Å². The summed E-state index contributed by atoms with van der Waals surface area (Å²) in [7, 11) is 0. The van der Waals surface area contributed by atoms with Crippen molar-refractivity contribution in [3.05, 3.63) is 41.5 Å². The summed E-state index contributed by atoms with van der Waals surface area (Å²) in [4.78, 5) is 8.83. The zero-order valence-electron chi connectivity index (χ0n) is 15.7. The van der Waals surface area contributed by atoms with Gasteiger partial charge >= 0.3 is 6.18 Å². The largest absolute Gasteiger partial charge is 0.478 e. The lowest BCUT2D eigenvalue weighted by molar-refractivity contribution is -0.153. The summed E-state index contributed by atoms with van der Waals surface area (Å²) in [6.07, 6.45) is -0.775. The Kier molecular flexibility index (Phi) is 5.61. The lowest BCUT2D eigenvalue weighted by atomic mass is 9.85. The molecule has 1 saturated heterocycles. The van der Waals surface area contributed by atoms with Gasteiger partial charge in [0.15, 0.2) is 12.4 Å². The van der Waals surface area contributed by atoms with E-state index in [0.717, 1.165) is 39.6 Å². The van der Waals surface area contributed by atoms with Crippen molar-refractivity contribution in [1.29, 1.82) is 0 Å². The molecular weight excluding hydrogens is 421 g/mol. The van der Waals surface area contributed by atoms with Gasteiger partial charge in [-0.3, -0.25) is 0 Å². The molecule has 0 aliphatic carbocycles. The molecule has 1 fully saturated rings. The molecule has 0 bridgehead atoms. The fraction of sp³-hybridized carbons (Fsp3) is 0.400. The van der Waals surface area contributed by atoms with Crippen LogP contribution in [0, 0.1) is 0 Å². The second-order valence-electron chi connectivity index (χ2n) is 7.13. The SMILES string of the molecule is CC1(c2nc3ccc(Oc4ncccc4OCC(F)(F)F)cc3s2)CCSCC1. The van der Waals surface area contributed by atoms with Gasteiger partial charge in [0.05, 0.1) is 15.2 Å². The van der Waals surface area contributed by atoms with Gasteiger partial charge in [-0.15, -0.1) is 11.3 Å². The van der Waals surface area contributed by atoms with Gasteiger partial charge in [-0.05, 0) is 48.6 Å². The van der Waals surface area contributed by atoms with Crippen LogP contribution in [0.25, 0.3) is 10.2 Å². The molecule has 4 nitrogen and oxygen atoms in total. The van der Waals surface area contributed by atoms with Gasteiger partial charge in [-0.2, -0.15) is 24.9 Å². The molecule has 4 rings (SSSR count). The normalized spacial score (nSPS) is 16.7. The maximum Gasteiger partial charge on any atom is 0.422 e. The van der Waals surface area contributed by atoms with Crippen LogP contribution in [0.5, 0.6) is 17.4 Å². The molecule has 0 amide bonds. The van der Waals surface area contributed by atoms with Crippen LogP contribution in [-0.4, -0.2) is 34.3 Å². The molecule has 29 heavy (non-hydrogen) atoms. The number of fused-ring (bicyclic) bond motifs is 1. The van der Waals surface area contributed by atoms with Crippen molar-refractivity contribution >= 4 is 33.3 Å². The minimum absolute atomic E-state index is 0.00268. The number of benzene rings is 1. The van der Waals surface area contributed by atoms with Crippen LogP contribution in [-0.2, 0) is 5.41 Å². The van der Waals surface area contributed by atoms with Crippen molar-refractivity contribution in [2.24, 2.45) is 0 Å². The molecule has 1 aliphatic rings. The van der Waals surface area contributed by atoms with Gasteiger partial charge in [-0.25, -0.2) is 9.97 Å². The van der Waals surface area contributed by atoms with Crippen molar-refractivity contribution < 1.29 is 22.6 Å². The fourth-order valence-corrected chi connectivity index (χ4v) is 5.69. The number of alkyl halides is 3. The molecule has 3 aromatic rings. The van der Waals surface area contributed by atoms with E-state index in [1.165, 1.54) is 18.3 Å². The van der Waals surface area contributed by atoms with Crippen LogP contribution in [0.2, 0.25) is 0 Å². The lowest BCUT2D eigenvalue weighted by Gasteiger charge is -2.31. The molecule has 0 spiro atoms. The number of thiazole rings is 1. The van der Waals surface area contributed by atoms with E-state index in [2.05, 4.69) is 11.9 Å². The summed E-state index contributed by atoms with van der Waals surface area (Å²) in [6, 6.07) is 8.36. The quantitative estimate of drug-likeness (QED) is 0.472. The predicted molar refractivity (Wildman–Crippen MR) is 109 cm³/mol. The molecule has 0 atom stereocenters. The van der Waals surface area contributed by atoms with Crippen LogP contribution in [0.3, 0.4) is 0 Å². The molecule has 1 aliphatic heterocycles. The minimum atomic E-state index is -4.43. The Bertz CT molecular complexity index is 1000. The Labute approximate surface area is 174 Å². The predicted octanol–water partition coefficient (Wildman–Crippen LogP) is 6.21. The number of rotatable bonds is 5. The lowest BCUT2D eigenvalue weighted by Crippen LogP contribution is -2.27. The number of hydrogen-bond donors (Lipinski definition) is 0. The summed E-state index contributed by atoms with van der Waals surface area (Å²) >= 11 is 3.62. The zero-order valence-corrected chi connectivity index (χ0v) is 17.3. The standard InChI is InChI=1S/C20H19F3N2O2S2/c1-19(6-9-28-10-7-19)18-25-14-5-4-13(11-16(14)29-18)27-17-15(3-2-8-24-17)26-12-20(21,22)23/h2-5,8,11H,6-7,9-10,12H2,1H3. The Morgan fingerprint density at radius 3 is 2.72 bits per heavy atom. The van der Waals surface area contributed by atoms with E-state index in [1.54, 1.807) is 17.4 Å². The number of hydrogen-bond acceptors (Lipinski definition) is 6. The van der Waals surface area contributed by atoms with E-state index in [1.807, 2.05) is 23.9 Å². The number of ether oxygens (including phenoxy) is 2. The summed E-state index contributed by atoms with van der Waals surface area (Å²) < 4.78 is 49.0. The molecule has 2 aromatic heterocycles. The summed E-state index contributed by atoms with van der Waals surface area (Å²) in [5.74, 6) is 2.70. The number of halogens is 3. The Morgan fingerprint density at radius 1 is 1.17 bits per heavy atom. The first kappa shape index (κ1) is 20.3. The number of pyridine rings is 1. The third-order valence-corrected chi connectivity index (χ3v) is 7.12. The molecular formula is C20H19F3N2O2S2. The highest BCUT2D eigenvalue weighted by Crippen LogP contribution is 2.42. The first-order chi connectivity index (χ1) is 13.8. The van der Waals surface area contributed by atoms with E-state index in [-0.39, 0.29) is 17.0 Å². The van der Waals surface area contributed by atoms with E-state index < -0.39 is 12.8 Å².